The molecule has 0 atom stereocenters. The van der Waals surface area contributed by atoms with Gasteiger partial charge in [-0.2, -0.15) is 0 Å². The van der Waals surface area contributed by atoms with Gasteiger partial charge in [0.15, 0.2) is 0 Å². The van der Waals surface area contributed by atoms with Gasteiger partial charge in [-0.25, -0.2) is 4.98 Å². The number of hydrogen-bond acceptors (Lipinski definition) is 5. The quantitative estimate of drug-likeness (QED) is 0.379. The normalized spacial score (nSPS) is 13.6. The molecule has 1 aliphatic carbocycles. The molecule has 0 saturated heterocycles. The lowest BCUT2D eigenvalue weighted by Crippen LogP contribution is -2.13. The van der Waals surface area contributed by atoms with Crippen LogP contribution in [0.2, 0.25) is 0 Å². The van der Waals surface area contributed by atoms with Gasteiger partial charge >= 0.3 is 0 Å². The summed E-state index contributed by atoms with van der Waals surface area (Å²) in [5, 5.41) is 12.0. The number of H-pyrrole nitrogens is 1. The van der Waals surface area contributed by atoms with Crippen molar-refractivity contribution in [2.75, 3.05) is 6.54 Å². The second-order valence-corrected chi connectivity index (χ2v) is 8.10. The summed E-state index contributed by atoms with van der Waals surface area (Å²) in [7, 11) is 0. The van der Waals surface area contributed by atoms with Gasteiger partial charge in [0.2, 0.25) is 0 Å². The fourth-order valence-electron chi connectivity index (χ4n) is 4.53. The summed E-state index contributed by atoms with van der Waals surface area (Å²) in [6.07, 6.45) is 6.97. The first kappa shape index (κ1) is 19.4. The zero-order chi connectivity index (χ0) is 21.5. The zero-order valence-electron chi connectivity index (χ0n) is 17.1. The lowest BCUT2D eigenvalue weighted by atomic mass is 9.91. The first-order valence-electron chi connectivity index (χ1n) is 10.6. The van der Waals surface area contributed by atoms with Crippen LogP contribution in [-0.4, -0.2) is 26.0 Å². The number of hydrogen-bond donors (Lipinski definition) is 2. The number of aromatic nitrogens is 3. The number of benzene rings is 2. The average molecular weight is 417 g/mol. The van der Waals surface area contributed by atoms with E-state index in [4.69, 9.17) is 10.7 Å². The molecule has 8 nitrogen and oxygen atoms in total. The van der Waals surface area contributed by atoms with Gasteiger partial charge in [0.25, 0.3) is 11.2 Å². The molecule has 4 aromatic rings. The molecule has 2 aromatic carbocycles. The van der Waals surface area contributed by atoms with Gasteiger partial charge in [0.1, 0.15) is 5.69 Å². The molecule has 0 unspecified atom stereocenters. The minimum atomic E-state index is -0.413. The van der Waals surface area contributed by atoms with Crippen LogP contribution in [0.3, 0.4) is 0 Å². The highest BCUT2D eigenvalue weighted by atomic mass is 16.6. The van der Waals surface area contributed by atoms with Crippen LogP contribution in [0.1, 0.15) is 30.4 Å². The number of fused-ring (bicyclic) bond motifs is 3. The highest BCUT2D eigenvalue weighted by molar-refractivity contribution is 5.97. The van der Waals surface area contributed by atoms with Crippen LogP contribution in [0, 0.1) is 10.1 Å². The van der Waals surface area contributed by atoms with E-state index in [1.807, 2.05) is 10.8 Å². The second-order valence-electron chi connectivity index (χ2n) is 8.10. The van der Waals surface area contributed by atoms with Crippen molar-refractivity contribution in [2.24, 2.45) is 5.73 Å². The van der Waals surface area contributed by atoms with Crippen molar-refractivity contribution in [1.82, 2.24) is 14.5 Å². The van der Waals surface area contributed by atoms with E-state index in [2.05, 4.69) is 17.1 Å². The summed E-state index contributed by atoms with van der Waals surface area (Å²) >= 11 is 0. The molecule has 8 heteroatoms. The van der Waals surface area contributed by atoms with Gasteiger partial charge in [-0.15, -0.1) is 0 Å². The van der Waals surface area contributed by atoms with Crippen LogP contribution in [0.15, 0.2) is 41.3 Å². The Morgan fingerprint density at radius 1 is 1.16 bits per heavy atom. The Labute approximate surface area is 177 Å². The molecule has 5 rings (SSSR count). The first-order valence-corrected chi connectivity index (χ1v) is 10.6. The molecular weight excluding hydrogens is 394 g/mol. The Bertz CT molecular complexity index is 1390. The van der Waals surface area contributed by atoms with Crippen LogP contribution < -0.4 is 11.3 Å². The predicted molar refractivity (Wildman–Crippen MR) is 120 cm³/mol. The number of aryl methyl sites for hydroxylation is 3. The van der Waals surface area contributed by atoms with Crippen molar-refractivity contribution in [1.29, 1.82) is 0 Å². The van der Waals surface area contributed by atoms with Gasteiger partial charge < -0.3 is 15.3 Å². The Kier molecular flexibility index (Phi) is 4.78. The van der Waals surface area contributed by atoms with Crippen molar-refractivity contribution in [3.63, 3.8) is 0 Å². The first-order chi connectivity index (χ1) is 15.0. The van der Waals surface area contributed by atoms with Gasteiger partial charge in [0, 0.05) is 35.8 Å². The Morgan fingerprint density at radius 3 is 2.68 bits per heavy atom. The summed E-state index contributed by atoms with van der Waals surface area (Å²) in [6.45, 7) is 1.11. The minimum Gasteiger partial charge on any atom is -0.347 e. The fraction of sp³-hybridized carbons (Fsp3) is 0.304. The summed E-state index contributed by atoms with van der Waals surface area (Å²) < 4.78 is 1.92. The fourth-order valence-corrected chi connectivity index (χ4v) is 4.53. The van der Waals surface area contributed by atoms with Crippen molar-refractivity contribution >= 4 is 27.6 Å². The van der Waals surface area contributed by atoms with E-state index in [0.717, 1.165) is 35.7 Å². The molecule has 31 heavy (non-hydrogen) atoms. The SMILES string of the molecule is NCCCn1cc(-c2nc3cc4c(cc3[nH]c2=O)CCCC4)c2ccc([N+](=O)[O-])cc21. The second kappa shape index (κ2) is 7.63. The maximum atomic E-state index is 13.0. The van der Waals surface area contributed by atoms with E-state index in [0.29, 0.717) is 29.9 Å². The molecule has 0 aliphatic heterocycles. The number of aromatic amines is 1. The molecule has 2 aromatic heterocycles. The Hall–Kier alpha value is -3.52. The number of nitro groups is 1. The van der Waals surface area contributed by atoms with E-state index >= 15 is 0 Å². The maximum Gasteiger partial charge on any atom is 0.275 e. The number of nitro benzene ring substituents is 1. The van der Waals surface area contributed by atoms with Crippen molar-refractivity contribution in [3.8, 4) is 11.3 Å². The molecule has 0 saturated carbocycles. The number of nitrogens with two attached hydrogens (primary N) is 1. The van der Waals surface area contributed by atoms with Crippen LogP contribution in [0.5, 0.6) is 0 Å². The number of nitrogens with zero attached hydrogens (tertiary/aromatic N) is 3. The molecule has 0 radical (unpaired) electrons. The largest absolute Gasteiger partial charge is 0.347 e. The molecular formula is C23H23N5O3. The smallest absolute Gasteiger partial charge is 0.275 e. The zero-order valence-corrected chi connectivity index (χ0v) is 17.1. The highest BCUT2D eigenvalue weighted by Crippen LogP contribution is 2.32. The summed E-state index contributed by atoms with van der Waals surface area (Å²) in [4.78, 5) is 31.6. The van der Waals surface area contributed by atoms with E-state index < -0.39 is 4.92 Å². The van der Waals surface area contributed by atoms with E-state index in [1.54, 1.807) is 12.1 Å². The average Bonchev–Trinajstić information content (AvgIpc) is 3.13. The van der Waals surface area contributed by atoms with Crippen LogP contribution in [-0.2, 0) is 19.4 Å². The summed E-state index contributed by atoms with van der Waals surface area (Å²) in [6, 6.07) is 8.84. The van der Waals surface area contributed by atoms with Crippen molar-refractivity contribution < 1.29 is 4.92 Å². The van der Waals surface area contributed by atoms with E-state index in [-0.39, 0.29) is 11.2 Å². The molecule has 0 fully saturated rings. The van der Waals surface area contributed by atoms with Crippen molar-refractivity contribution in [2.45, 2.75) is 38.6 Å². The molecule has 0 amide bonds. The van der Waals surface area contributed by atoms with Crippen molar-refractivity contribution in [3.05, 3.63) is 68.1 Å². The van der Waals surface area contributed by atoms with Gasteiger partial charge in [-0.05, 0) is 68.0 Å². The van der Waals surface area contributed by atoms with Gasteiger partial charge in [-0.3, -0.25) is 14.9 Å². The lowest BCUT2D eigenvalue weighted by Gasteiger charge is -2.16. The molecule has 158 valence electrons. The third-order valence-electron chi connectivity index (χ3n) is 6.09. The van der Waals surface area contributed by atoms with Crippen LogP contribution in [0.4, 0.5) is 5.69 Å². The molecule has 0 bridgehead atoms. The molecule has 3 N–H and O–H groups in total. The van der Waals surface area contributed by atoms with Gasteiger partial charge in [0.05, 0.1) is 21.5 Å². The van der Waals surface area contributed by atoms with E-state index in [1.165, 1.54) is 30.0 Å². The Morgan fingerprint density at radius 2 is 1.94 bits per heavy atom. The molecule has 0 spiro atoms. The number of non-ortho nitro benzene ring substituents is 1. The van der Waals surface area contributed by atoms with Crippen LogP contribution in [0.25, 0.3) is 33.2 Å². The standard InChI is InChI=1S/C23H23N5O3/c24-8-3-9-27-13-18(17-7-6-16(28(30)31)12-21(17)27)22-23(29)26-20-11-15-5-2-1-4-14(15)10-19(20)25-22/h6-7,10-13H,1-5,8-9,24H2,(H,26,29). The van der Waals surface area contributed by atoms with Crippen LogP contribution >= 0.6 is 0 Å². The minimum absolute atomic E-state index is 0.0122. The lowest BCUT2D eigenvalue weighted by molar-refractivity contribution is -0.384. The number of nitrogens with one attached hydrogen (secondary N) is 1. The predicted octanol–water partition coefficient (Wildman–Crippen LogP) is 3.68. The summed E-state index contributed by atoms with van der Waals surface area (Å²) in [5.41, 5.74) is 11.2. The van der Waals surface area contributed by atoms with Gasteiger partial charge in [-0.1, -0.05) is 0 Å². The highest BCUT2D eigenvalue weighted by Gasteiger charge is 2.19. The molecule has 2 heterocycles. The summed E-state index contributed by atoms with van der Waals surface area (Å²) in [5.74, 6) is 0. The Balaban J connectivity index is 1.71. The monoisotopic (exact) mass is 417 g/mol. The number of rotatable bonds is 5. The third kappa shape index (κ3) is 3.38. The third-order valence-corrected chi connectivity index (χ3v) is 6.09. The van der Waals surface area contributed by atoms with E-state index in [9.17, 15) is 14.9 Å². The maximum absolute atomic E-state index is 13.0. The molecule has 1 aliphatic rings. The topological polar surface area (TPSA) is 120 Å².